The number of aryl methyl sites for hydroxylation is 1. The maximum atomic E-state index is 12.9. The van der Waals surface area contributed by atoms with E-state index in [-0.39, 0.29) is 12.1 Å². The molecule has 154 valence electrons. The van der Waals surface area contributed by atoms with Crippen LogP contribution in [0.3, 0.4) is 0 Å². The number of carbonyl (C=O) groups is 1. The molecular weight excluding hydrogens is 390 g/mol. The summed E-state index contributed by atoms with van der Waals surface area (Å²) in [6.07, 6.45) is 4.38. The van der Waals surface area contributed by atoms with Gasteiger partial charge in [-0.15, -0.1) is 11.3 Å². The second-order valence-electron chi connectivity index (χ2n) is 8.06. The molecule has 0 spiro atoms. The molecule has 5 rings (SSSR count). The molecule has 3 aromatic rings. The molecule has 0 bridgehead atoms. The van der Waals surface area contributed by atoms with Crippen LogP contribution in [0.25, 0.3) is 0 Å². The molecule has 1 unspecified atom stereocenters. The van der Waals surface area contributed by atoms with Gasteiger partial charge in [0.25, 0.3) is 5.91 Å². The SMILES string of the molecule is CCN(Cc1ccccc1)c1ccc(C2NC(=O)c3c(sc4c3CCCC4)N2)cc1. The molecule has 1 amide bonds. The number of fused-ring (bicyclic) bond motifs is 3. The van der Waals surface area contributed by atoms with Gasteiger partial charge in [-0.05, 0) is 61.4 Å². The molecule has 2 aromatic carbocycles. The third-order valence-corrected chi connectivity index (χ3v) is 7.36. The largest absolute Gasteiger partial charge is 0.367 e. The molecule has 0 saturated heterocycles. The number of nitrogens with one attached hydrogen (secondary N) is 2. The van der Waals surface area contributed by atoms with Crippen LogP contribution in [0.2, 0.25) is 0 Å². The van der Waals surface area contributed by atoms with Crippen LogP contribution >= 0.6 is 11.3 Å². The number of rotatable bonds is 5. The zero-order valence-electron chi connectivity index (χ0n) is 17.3. The van der Waals surface area contributed by atoms with Crippen molar-refractivity contribution in [2.75, 3.05) is 16.8 Å². The van der Waals surface area contributed by atoms with Gasteiger partial charge < -0.3 is 15.5 Å². The highest BCUT2D eigenvalue weighted by Gasteiger charge is 2.31. The third-order valence-electron chi connectivity index (χ3n) is 6.14. The lowest BCUT2D eigenvalue weighted by Gasteiger charge is -2.28. The van der Waals surface area contributed by atoms with Crippen LogP contribution < -0.4 is 15.5 Å². The van der Waals surface area contributed by atoms with Gasteiger partial charge in [0.05, 0.1) is 5.56 Å². The van der Waals surface area contributed by atoms with Gasteiger partial charge in [0.2, 0.25) is 0 Å². The van der Waals surface area contributed by atoms with Crippen LogP contribution in [-0.4, -0.2) is 12.5 Å². The standard InChI is InChI=1S/C25H27N3OS/c1-2-28(16-17-8-4-3-5-9-17)19-14-12-18(13-15-19)23-26-24(29)22-20-10-6-7-11-21(20)30-25(22)27-23/h3-5,8-9,12-15,23,27H,2,6-7,10-11,16H2,1H3,(H,26,29). The molecule has 1 aliphatic heterocycles. The van der Waals surface area contributed by atoms with Crippen LogP contribution in [0, 0.1) is 0 Å². The molecule has 30 heavy (non-hydrogen) atoms. The van der Waals surface area contributed by atoms with Gasteiger partial charge in [-0.25, -0.2) is 0 Å². The van der Waals surface area contributed by atoms with Crippen molar-refractivity contribution in [1.82, 2.24) is 5.32 Å². The topological polar surface area (TPSA) is 44.4 Å². The summed E-state index contributed by atoms with van der Waals surface area (Å²) in [6.45, 7) is 4.01. The maximum Gasteiger partial charge on any atom is 0.256 e. The van der Waals surface area contributed by atoms with E-state index in [4.69, 9.17) is 0 Å². The fraction of sp³-hybridized carbons (Fsp3) is 0.320. The second-order valence-corrected chi connectivity index (χ2v) is 9.16. The predicted molar refractivity (Wildman–Crippen MR) is 124 cm³/mol. The van der Waals surface area contributed by atoms with Crippen molar-refractivity contribution < 1.29 is 4.79 Å². The molecule has 1 aliphatic carbocycles. The van der Waals surface area contributed by atoms with Gasteiger partial charge in [-0.1, -0.05) is 42.5 Å². The van der Waals surface area contributed by atoms with Crippen LogP contribution in [-0.2, 0) is 19.4 Å². The van der Waals surface area contributed by atoms with E-state index in [0.717, 1.165) is 42.1 Å². The number of hydrogen-bond donors (Lipinski definition) is 2. The Balaban J connectivity index is 1.34. The van der Waals surface area contributed by atoms with Crippen molar-refractivity contribution in [2.24, 2.45) is 0 Å². The van der Waals surface area contributed by atoms with E-state index in [1.165, 1.54) is 34.5 Å². The van der Waals surface area contributed by atoms with Crippen molar-refractivity contribution in [3.63, 3.8) is 0 Å². The van der Waals surface area contributed by atoms with Crippen LogP contribution in [0.4, 0.5) is 10.7 Å². The van der Waals surface area contributed by atoms with E-state index < -0.39 is 0 Å². The first-order valence-corrected chi connectivity index (χ1v) is 11.7. The zero-order valence-corrected chi connectivity index (χ0v) is 18.1. The van der Waals surface area contributed by atoms with E-state index in [9.17, 15) is 4.79 Å². The summed E-state index contributed by atoms with van der Waals surface area (Å²) in [5.41, 5.74) is 5.75. The zero-order chi connectivity index (χ0) is 20.5. The first-order chi connectivity index (χ1) is 14.7. The maximum absolute atomic E-state index is 12.9. The molecular formula is C25H27N3OS. The number of thiophene rings is 1. The Morgan fingerprint density at radius 2 is 1.77 bits per heavy atom. The average Bonchev–Trinajstić information content (AvgIpc) is 3.17. The molecule has 0 saturated carbocycles. The van der Waals surface area contributed by atoms with Gasteiger partial charge in [0.15, 0.2) is 0 Å². The van der Waals surface area contributed by atoms with E-state index in [1.54, 1.807) is 11.3 Å². The monoisotopic (exact) mass is 417 g/mol. The quantitative estimate of drug-likeness (QED) is 0.575. The molecule has 0 radical (unpaired) electrons. The smallest absolute Gasteiger partial charge is 0.256 e. The van der Waals surface area contributed by atoms with Crippen molar-refractivity contribution in [2.45, 2.75) is 45.3 Å². The fourth-order valence-corrected chi connectivity index (χ4v) is 5.83. The summed E-state index contributed by atoms with van der Waals surface area (Å²) in [7, 11) is 0. The van der Waals surface area contributed by atoms with Crippen molar-refractivity contribution in [1.29, 1.82) is 0 Å². The minimum atomic E-state index is -0.177. The highest BCUT2D eigenvalue weighted by atomic mass is 32.1. The minimum absolute atomic E-state index is 0.0662. The first kappa shape index (κ1) is 19.2. The molecule has 2 aliphatic rings. The predicted octanol–water partition coefficient (Wildman–Crippen LogP) is 5.51. The number of amides is 1. The highest BCUT2D eigenvalue weighted by molar-refractivity contribution is 7.16. The van der Waals surface area contributed by atoms with E-state index in [1.807, 2.05) is 0 Å². The lowest BCUT2D eigenvalue weighted by molar-refractivity contribution is 0.0935. The Kier molecular flexibility index (Phi) is 5.21. The lowest BCUT2D eigenvalue weighted by Crippen LogP contribution is -2.38. The summed E-state index contributed by atoms with van der Waals surface area (Å²) < 4.78 is 0. The van der Waals surface area contributed by atoms with Gasteiger partial charge in [-0.3, -0.25) is 4.79 Å². The molecule has 5 heteroatoms. The van der Waals surface area contributed by atoms with Crippen LogP contribution in [0.15, 0.2) is 54.6 Å². The Hall–Kier alpha value is -2.79. The summed E-state index contributed by atoms with van der Waals surface area (Å²) in [5, 5.41) is 7.79. The van der Waals surface area contributed by atoms with E-state index in [0.29, 0.717) is 0 Å². The second kappa shape index (κ2) is 8.15. The summed E-state index contributed by atoms with van der Waals surface area (Å²) in [4.78, 5) is 16.6. The number of nitrogens with zero attached hydrogens (tertiary/aromatic N) is 1. The average molecular weight is 418 g/mol. The van der Waals surface area contributed by atoms with Gasteiger partial charge in [-0.2, -0.15) is 0 Å². The van der Waals surface area contributed by atoms with Crippen LogP contribution in [0.5, 0.6) is 0 Å². The van der Waals surface area contributed by atoms with Crippen molar-refractivity contribution in [3.05, 3.63) is 81.7 Å². The summed E-state index contributed by atoms with van der Waals surface area (Å²) in [6, 6.07) is 19.1. The summed E-state index contributed by atoms with van der Waals surface area (Å²) in [5.74, 6) is 0.0662. The molecule has 4 nitrogen and oxygen atoms in total. The first-order valence-electron chi connectivity index (χ1n) is 10.8. The van der Waals surface area contributed by atoms with Crippen LogP contribution in [0.1, 0.15) is 57.9 Å². The number of anilines is 2. The van der Waals surface area contributed by atoms with Gasteiger partial charge in [0.1, 0.15) is 11.2 Å². The minimum Gasteiger partial charge on any atom is -0.367 e. The molecule has 2 heterocycles. The van der Waals surface area contributed by atoms with Crippen molar-refractivity contribution >= 4 is 27.9 Å². The normalized spacial score (nSPS) is 17.5. The molecule has 1 aromatic heterocycles. The van der Waals surface area contributed by atoms with Crippen molar-refractivity contribution in [3.8, 4) is 0 Å². The van der Waals surface area contributed by atoms with Gasteiger partial charge >= 0.3 is 0 Å². The third kappa shape index (κ3) is 3.58. The number of carbonyl (C=O) groups excluding carboxylic acids is 1. The number of hydrogen-bond acceptors (Lipinski definition) is 4. The Morgan fingerprint density at radius 3 is 2.53 bits per heavy atom. The fourth-order valence-electron chi connectivity index (χ4n) is 4.51. The molecule has 2 N–H and O–H groups in total. The Labute approximate surface area is 181 Å². The molecule has 0 fully saturated rings. The highest BCUT2D eigenvalue weighted by Crippen LogP contribution is 2.41. The lowest BCUT2D eigenvalue weighted by atomic mass is 9.94. The van der Waals surface area contributed by atoms with E-state index in [2.05, 4.69) is 77.1 Å². The Morgan fingerprint density at radius 1 is 1.00 bits per heavy atom. The van der Waals surface area contributed by atoms with Gasteiger partial charge in [0, 0.05) is 23.7 Å². The Bertz CT molecular complexity index is 1040. The summed E-state index contributed by atoms with van der Waals surface area (Å²) >= 11 is 1.77. The van der Waals surface area contributed by atoms with E-state index >= 15 is 0 Å². The number of benzene rings is 2. The molecule has 1 atom stereocenters.